The van der Waals surface area contributed by atoms with E-state index in [1.807, 2.05) is 0 Å². The summed E-state index contributed by atoms with van der Waals surface area (Å²) in [7, 11) is 1.20. The number of nitrogens with one attached hydrogen (secondary N) is 1. The molecule has 0 aromatic heterocycles. The van der Waals surface area contributed by atoms with Gasteiger partial charge in [-0.3, -0.25) is 4.79 Å². The SMILES string of the molecule is COC(=O)CC[C@H](NC(=O)N1CCOCC1CO)C(=O)O. The molecule has 1 heterocycles. The van der Waals surface area contributed by atoms with Gasteiger partial charge in [0.1, 0.15) is 6.04 Å². The van der Waals surface area contributed by atoms with Crippen molar-refractivity contribution in [2.24, 2.45) is 0 Å². The number of carbonyl (C=O) groups is 3. The lowest BCUT2D eigenvalue weighted by molar-refractivity contribution is -0.142. The molecule has 120 valence electrons. The van der Waals surface area contributed by atoms with E-state index >= 15 is 0 Å². The molecule has 0 saturated carbocycles. The average Bonchev–Trinajstić information content (AvgIpc) is 2.50. The smallest absolute Gasteiger partial charge is 0.326 e. The van der Waals surface area contributed by atoms with E-state index in [1.54, 1.807) is 0 Å². The van der Waals surface area contributed by atoms with Gasteiger partial charge in [0.15, 0.2) is 0 Å². The van der Waals surface area contributed by atoms with Gasteiger partial charge >= 0.3 is 18.0 Å². The molecule has 0 bridgehead atoms. The topological polar surface area (TPSA) is 125 Å². The number of esters is 1. The highest BCUT2D eigenvalue weighted by atomic mass is 16.5. The molecule has 1 saturated heterocycles. The number of aliphatic hydroxyl groups is 1. The third-order valence-electron chi connectivity index (χ3n) is 3.16. The second kappa shape index (κ2) is 8.42. The Bertz CT molecular complexity index is 388. The normalized spacial score (nSPS) is 19.7. The number of methoxy groups -OCH3 is 1. The molecular weight excluding hydrogens is 284 g/mol. The van der Waals surface area contributed by atoms with E-state index < -0.39 is 30.1 Å². The van der Waals surface area contributed by atoms with Crippen molar-refractivity contribution >= 4 is 18.0 Å². The number of carboxylic acids is 1. The van der Waals surface area contributed by atoms with Gasteiger partial charge in [0.25, 0.3) is 0 Å². The molecule has 2 amide bonds. The van der Waals surface area contributed by atoms with Crippen LogP contribution in [0.1, 0.15) is 12.8 Å². The number of hydrogen-bond donors (Lipinski definition) is 3. The molecule has 3 N–H and O–H groups in total. The first-order chi connectivity index (χ1) is 9.99. The molecule has 1 rings (SSSR count). The zero-order chi connectivity index (χ0) is 15.8. The van der Waals surface area contributed by atoms with Crippen molar-refractivity contribution in [3.63, 3.8) is 0 Å². The van der Waals surface area contributed by atoms with Crippen molar-refractivity contribution in [3.8, 4) is 0 Å². The Balaban J connectivity index is 2.58. The van der Waals surface area contributed by atoms with E-state index in [-0.39, 0.29) is 32.6 Å². The number of rotatable bonds is 6. The maximum atomic E-state index is 12.1. The number of carbonyl (C=O) groups excluding carboxylic acids is 2. The molecule has 0 aromatic rings. The van der Waals surface area contributed by atoms with Crippen molar-refractivity contribution in [1.82, 2.24) is 10.2 Å². The Kier molecular flexibility index (Phi) is 6.89. The maximum absolute atomic E-state index is 12.1. The summed E-state index contributed by atoms with van der Waals surface area (Å²) in [6, 6.07) is -2.30. The first-order valence-electron chi connectivity index (χ1n) is 6.55. The fraction of sp³-hybridized carbons (Fsp3) is 0.750. The largest absolute Gasteiger partial charge is 0.480 e. The molecule has 1 aliphatic heterocycles. The molecule has 0 aromatic carbocycles. The Hall–Kier alpha value is -1.87. The average molecular weight is 304 g/mol. The van der Waals surface area contributed by atoms with E-state index in [0.717, 1.165) is 0 Å². The van der Waals surface area contributed by atoms with E-state index in [9.17, 15) is 19.5 Å². The van der Waals surface area contributed by atoms with Gasteiger partial charge in [0, 0.05) is 13.0 Å². The highest BCUT2D eigenvalue weighted by Gasteiger charge is 2.30. The summed E-state index contributed by atoms with van der Waals surface area (Å²) in [5, 5.41) is 20.6. The second-order valence-electron chi connectivity index (χ2n) is 4.56. The Morgan fingerprint density at radius 3 is 2.76 bits per heavy atom. The molecule has 1 unspecified atom stereocenters. The van der Waals surface area contributed by atoms with Crippen LogP contribution in [0, 0.1) is 0 Å². The molecule has 1 aliphatic rings. The van der Waals surface area contributed by atoms with Gasteiger partial charge < -0.3 is 29.9 Å². The van der Waals surface area contributed by atoms with Crippen LogP contribution in [0.3, 0.4) is 0 Å². The second-order valence-corrected chi connectivity index (χ2v) is 4.56. The third kappa shape index (κ3) is 5.20. The summed E-state index contributed by atoms with van der Waals surface area (Å²) in [5.41, 5.74) is 0. The minimum Gasteiger partial charge on any atom is -0.480 e. The predicted octanol–water partition coefficient (Wildman–Crippen LogP) is -1.20. The van der Waals surface area contributed by atoms with Crippen LogP contribution in [0.25, 0.3) is 0 Å². The zero-order valence-corrected chi connectivity index (χ0v) is 11.8. The van der Waals surface area contributed by atoms with Crippen molar-refractivity contribution in [3.05, 3.63) is 0 Å². The summed E-state index contributed by atoms with van der Waals surface area (Å²) >= 11 is 0. The fourth-order valence-electron chi connectivity index (χ4n) is 1.93. The number of urea groups is 1. The van der Waals surface area contributed by atoms with Crippen molar-refractivity contribution in [2.75, 3.05) is 33.5 Å². The Labute approximate surface area is 121 Å². The molecule has 9 heteroatoms. The summed E-state index contributed by atoms with van der Waals surface area (Å²) in [6.45, 7) is 0.515. The fourth-order valence-corrected chi connectivity index (χ4v) is 1.93. The number of nitrogens with zero attached hydrogens (tertiary/aromatic N) is 1. The lowest BCUT2D eigenvalue weighted by Crippen LogP contribution is -2.56. The first kappa shape index (κ1) is 17.2. The molecule has 0 spiro atoms. The van der Waals surface area contributed by atoms with E-state index in [1.165, 1.54) is 12.0 Å². The standard InChI is InChI=1S/C12H20N2O7/c1-20-10(16)3-2-9(11(17)18)13-12(19)14-4-5-21-7-8(14)6-15/h8-9,15H,2-7H2,1H3,(H,13,19)(H,17,18)/t8?,9-/m0/s1. The summed E-state index contributed by atoms with van der Waals surface area (Å²) in [5.74, 6) is -1.78. The number of amides is 2. The summed E-state index contributed by atoms with van der Waals surface area (Å²) in [4.78, 5) is 35.5. The van der Waals surface area contributed by atoms with Crippen LogP contribution in [-0.2, 0) is 19.1 Å². The highest BCUT2D eigenvalue weighted by molar-refractivity contribution is 5.83. The lowest BCUT2D eigenvalue weighted by atomic mass is 10.1. The van der Waals surface area contributed by atoms with Crippen molar-refractivity contribution < 1.29 is 34.1 Å². The quantitative estimate of drug-likeness (QED) is 0.526. The van der Waals surface area contributed by atoms with E-state index in [2.05, 4.69) is 10.1 Å². The van der Waals surface area contributed by atoms with Gasteiger partial charge in [0.05, 0.1) is 33.0 Å². The lowest BCUT2D eigenvalue weighted by Gasteiger charge is -2.35. The van der Waals surface area contributed by atoms with Crippen LogP contribution >= 0.6 is 0 Å². The molecule has 2 atom stereocenters. The monoisotopic (exact) mass is 304 g/mol. The van der Waals surface area contributed by atoms with Crippen molar-refractivity contribution in [2.45, 2.75) is 24.9 Å². The number of aliphatic hydroxyl groups excluding tert-OH is 1. The number of hydrogen-bond acceptors (Lipinski definition) is 6. The molecular formula is C12H20N2O7. The van der Waals surface area contributed by atoms with Gasteiger partial charge in [-0.15, -0.1) is 0 Å². The van der Waals surface area contributed by atoms with Crippen LogP contribution in [0.2, 0.25) is 0 Å². The van der Waals surface area contributed by atoms with Crippen LogP contribution in [0.5, 0.6) is 0 Å². The number of carboxylic acid groups (broad SMARTS) is 1. The maximum Gasteiger partial charge on any atom is 0.326 e. The van der Waals surface area contributed by atoms with Gasteiger partial charge in [-0.05, 0) is 6.42 Å². The predicted molar refractivity (Wildman–Crippen MR) is 69.6 cm³/mol. The zero-order valence-electron chi connectivity index (χ0n) is 11.8. The molecule has 1 fully saturated rings. The van der Waals surface area contributed by atoms with Crippen molar-refractivity contribution in [1.29, 1.82) is 0 Å². The number of ether oxygens (including phenoxy) is 2. The first-order valence-corrected chi connectivity index (χ1v) is 6.55. The minimum atomic E-state index is -1.24. The third-order valence-corrected chi connectivity index (χ3v) is 3.16. The molecule has 21 heavy (non-hydrogen) atoms. The summed E-state index contributed by atoms with van der Waals surface area (Å²) in [6.07, 6.45) is -0.178. The van der Waals surface area contributed by atoms with Gasteiger partial charge in [0.2, 0.25) is 0 Å². The number of morpholine rings is 1. The molecule has 0 radical (unpaired) electrons. The van der Waals surface area contributed by atoms with E-state index in [0.29, 0.717) is 6.61 Å². The molecule has 0 aliphatic carbocycles. The molecule has 9 nitrogen and oxygen atoms in total. The van der Waals surface area contributed by atoms with Crippen LogP contribution in [0.4, 0.5) is 4.79 Å². The van der Waals surface area contributed by atoms with Crippen LogP contribution < -0.4 is 5.32 Å². The van der Waals surface area contributed by atoms with Gasteiger partial charge in [-0.1, -0.05) is 0 Å². The van der Waals surface area contributed by atoms with Crippen LogP contribution in [0.15, 0.2) is 0 Å². The van der Waals surface area contributed by atoms with Gasteiger partial charge in [-0.25, -0.2) is 9.59 Å². The summed E-state index contributed by atoms with van der Waals surface area (Å²) < 4.78 is 9.57. The Morgan fingerprint density at radius 1 is 1.48 bits per heavy atom. The minimum absolute atomic E-state index is 0.0676. The van der Waals surface area contributed by atoms with E-state index in [4.69, 9.17) is 9.84 Å². The van der Waals surface area contributed by atoms with Crippen LogP contribution in [-0.4, -0.2) is 78.6 Å². The van der Waals surface area contributed by atoms with Gasteiger partial charge in [-0.2, -0.15) is 0 Å². The Morgan fingerprint density at radius 2 is 2.19 bits per heavy atom. The number of aliphatic carboxylic acids is 1. The highest BCUT2D eigenvalue weighted by Crippen LogP contribution is 2.08.